The third kappa shape index (κ3) is 3.30. The van der Waals surface area contributed by atoms with Crippen LogP contribution in [0.4, 0.5) is 5.82 Å². The number of pyridine rings is 1. The number of aromatic nitrogens is 1. The lowest BCUT2D eigenvalue weighted by molar-refractivity contribution is 0.271. The van der Waals surface area contributed by atoms with E-state index >= 15 is 0 Å². The largest absolute Gasteiger partial charge is 0.362 e. The fourth-order valence-electron chi connectivity index (χ4n) is 2.73. The number of nitrogens with zero attached hydrogens (tertiary/aromatic N) is 1. The molecule has 0 atom stereocenters. The van der Waals surface area contributed by atoms with Gasteiger partial charge in [-0.1, -0.05) is 6.92 Å². The molecule has 5 nitrogen and oxygen atoms in total. The Morgan fingerprint density at radius 2 is 2.10 bits per heavy atom. The Bertz CT molecular complexity index is 564. The quantitative estimate of drug-likeness (QED) is 0.885. The SMILES string of the molecule is CC1CCC(CN)(Nc2ncccc2S(C)(=O)=O)CC1. The van der Waals surface area contributed by atoms with Gasteiger partial charge < -0.3 is 11.1 Å². The molecule has 0 amide bonds. The van der Waals surface area contributed by atoms with E-state index in [0.717, 1.165) is 25.7 Å². The van der Waals surface area contributed by atoms with Crippen molar-refractivity contribution < 1.29 is 8.42 Å². The molecular weight excluding hydrogens is 274 g/mol. The van der Waals surface area contributed by atoms with Crippen molar-refractivity contribution in [1.82, 2.24) is 4.98 Å². The highest BCUT2D eigenvalue weighted by molar-refractivity contribution is 7.90. The summed E-state index contributed by atoms with van der Waals surface area (Å²) in [6.45, 7) is 2.72. The smallest absolute Gasteiger partial charge is 0.179 e. The normalized spacial score (nSPS) is 27.2. The molecule has 0 unspecified atom stereocenters. The molecule has 0 aromatic carbocycles. The summed E-state index contributed by atoms with van der Waals surface area (Å²) in [6, 6.07) is 3.22. The number of hydrogen-bond acceptors (Lipinski definition) is 5. The minimum Gasteiger partial charge on any atom is -0.362 e. The van der Waals surface area contributed by atoms with Crippen molar-refractivity contribution in [2.24, 2.45) is 11.7 Å². The lowest BCUT2D eigenvalue weighted by Gasteiger charge is -2.40. The van der Waals surface area contributed by atoms with Crippen LogP contribution in [0.5, 0.6) is 0 Å². The van der Waals surface area contributed by atoms with Gasteiger partial charge in [0.25, 0.3) is 0 Å². The Morgan fingerprint density at radius 1 is 1.45 bits per heavy atom. The number of sulfone groups is 1. The highest BCUT2D eigenvalue weighted by atomic mass is 32.2. The van der Waals surface area contributed by atoms with E-state index in [-0.39, 0.29) is 10.4 Å². The summed E-state index contributed by atoms with van der Waals surface area (Å²) < 4.78 is 23.7. The van der Waals surface area contributed by atoms with E-state index in [4.69, 9.17) is 5.73 Å². The predicted molar refractivity (Wildman–Crippen MR) is 80.4 cm³/mol. The summed E-state index contributed by atoms with van der Waals surface area (Å²) in [5, 5.41) is 3.32. The average Bonchev–Trinajstić information content (AvgIpc) is 2.41. The Labute approximate surface area is 120 Å². The van der Waals surface area contributed by atoms with Crippen LogP contribution in [0.25, 0.3) is 0 Å². The third-order valence-corrected chi connectivity index (χ3v) is 5.30. The van der Waals surface area contributed by atoms with Crippen molar-refractivity contribution in [2.75, 3.05) is 18.1 Å². The zero-order valence-electron chi connectivity index (χ0n) is 12.1. The molecule has 0 aliphatic heterocycles. The molecule has 1 aliphatic carbocycles. The minimum atomic E-state index is -3.30. The molecule has 1 aromatic heterocycles. The van der Waals surface area contributed by atoms with Crippen LogP contribution in [-0.4, -0.2) is 31.7 Å². The van der Waals surface area contributed by atoms with Gasteiger partial charge in [-0.2, -0.15) is 0 Å². The second kappa shape index (κ2) is 5.69. The van der Waals surface area contributed by atoms with Gasteiger partial charge in [0.1, 0.15) is 10.7 Å². The first kappa shape index (κ1) is 15.3. The van der Waals surface area contributed by atoms with Crippen molar-refractivity contribution in [2.45, 2.75) is 43.0 Å². The fourth-order valence-corrected chi connectivity index (χ4v) is 3.51. The Balaban J connectivity index is 2.29. The van der Waals surface area contributed by atoms with E-state index in [1.54, 1.807) is 18.3 Å². The zero-order valence-corrected chi connectivity index (χ0v) is 12.9. The standard InChI is InChI=1S/C14H23N3O2S/c1-11-5-7-14(10-15,8-6-11)17-13-12(20(2,18)19)4-3-9-16-13/h3-4,9,11H,5-8,10,15H2,1-2H3,(H,16,17). The number of hydrogen-bond donors (Lipinski definition) is 2. The third-order valence-electron chi connectivity index (χ3n) is 4.18. The van der Waals surface area contributed by atoms with Crippen molar-refractivity contribution >= 4 is 15.7 Å². The first-order chi connectivity index (χ1) is 9.36. The molecule has 0 bridgehead atoms. The number of nitrogens with one attached hydrogen (secondary N) is 1. The zero-order chi connectivity index (χ0) is 14.8. The van der Waals surface area contributed by atoms with Gasteiger partial charge in [-0.15, -0.1) is 0 Å². The second-order valence-corrected chi connectivity index (χ2v) is 7.90. The van der Waals surface area contributed by atoms with Gasteiger partial charge in [-0.05, 0) is 43.7 Å². The predicted octanol–water partition coefficient (Wildman–Crippen LogP) is 1.80. The summed E-state index contributed by atoms with van der Waals surface area (Å²) in [7, 11) is -3.30. The van der Waals surface area contributed by atoms with E-state index in [0.29, 0.717) is 18.3 Å². The van der Waals surface area contributed by atoms with E-state index < -0.39 is 9.84 Å². The highest BCUT2D eigenvalue weighted by Crippen LogP contribution is 2.34. The van der Waals surface area contributed by atoms with Gasteiger partial charge in [0.05, 0.1) is 5.54 Å². The van der Waals surface area contributed by atoms with Crippen LogP contribution in [0.15, 0.2) is 23.2 Å². The monoisotopic (exact) mass is 297 g/mol. The van der Waals surface area contributed by atoms with E-state index in [1.165, 1.54) is 6.26 Å². The van der Waals surface area contributed by atoms with Crippen molar-refractivity contribution in [3.63, 3.8) is 0 Å². The molecule has 112 valence electrons. The van der Waals surface area contributed by atoms with E-state index in [2.05, 4.69) is 17.2 Å². The molecule has 1 saturated carbocycles. The maximum Gasteiger partial charge on any atom is 0.179 e. The number of rotatable bonds is 4. The van der Waals surface area contributed by atoms with Gasteiger partial charge in [0.2, 0.25) is 0 Å². The van der Waals surface area contributed by atoms with Gasteiger partial charge in [0.15, 0.2) is 9.84 Å². The van der Waals surface area contributed by atoms with Gasteiger partial charge in [-0.25, -0.2) is 13.4 Å². The molecule has 1 fully saturated rings. The molecule has 1 heterocycles. The van der Waals surface area contributed by atoms with E-state index in [1.807, 2.05) is 0 Å². The fraction of sp³-hybridized carbons (Fsp3) is 0.643. The number of nitrogens with two attached hydrogens (primary N) is 1. The van der Waals surface area contributed by atoms with Crippen molar-refractivity contribution in [1.29, 1.82) is 0 Å². The second-order valence-electron chi connectivity index (χ2n) is 5.91. The summed E-state index contributed by atoms with van der Waals surface area (Å²) in [5.74, 6) is 1.13. The molecule has 2 rings (SSSR count). The molecule has 0 spiro atoms. The van der Waals surface area contributed by atoms with Crippen LogP contribution in [0.1, 0.15) is 32.6 Å². The molecule has 1 aromatic rings. The first-order valence-corrected chi connectivity index (χ1v) is 8.89. The Morgan fingerprint density at radius 3 is 2.65 bits per heavy atom. The molecule has 20 heavy (non-hydrogen) atoms. The van der Waals surface area contributed by atoms with Crippen LogP contribution in [0.3, 0.4) is 0 Å². The minimum absolute atomic E-state index is 0.236. The van der Waals surface area contributed by atoms with Gasteiger partial charge >= 0.3 is 0 Å². The molecule has 0 saturated heterocycles. The summed E-state index contributed by atoms with van der Waals surface area (Å²) in [6.07, 6.45) is 6.91. The molecular formula is C14H23N3O2S. The first-order valence-electron chi connectivity index (χ1n) is 7.00. The van der Waals surface area contributed by atoms with Crippen LogP contribution < -0.4 is 11.1 Å². The molecule has 3 N–H and O–H groups in total. The Kier molecular flexibility index (Phi) is 4.34. The number of anilines is 1. The molecule has 0 radical (unpaired) electrons. The highest BCUT2D eigenvalue weighted by Gasteiger charge is 2.34. The maximum atomic E-state index is 11.8. The molecule has 6 heteroatoms. The molecule has 1 aliphatic rings. The van der Waals surface area contributed by atoms with Crippen LogP contribution in [-0.2, 0) is 9.84 Å². The van der Waals surface area contributed by atoms with Crippen LogP contribution in [0.2, 0.25) is 0 Å². The van der Waals surface area contributed by atoms with Crippen molar-refractivity contribution in [3.8, 4) is 0 Å². The van der Waals surface area contributed by atoms with E-state index in [9.17, 15) is 8.42 Å². The van der Waals surface area contributed by atoms with Crippen molar-refractivity contribution in [3.05, 3.63) is 18.3 Å². The topological polar surface area (TPSA) is 85.1 Å². The lowest BCUT2D eigenvalue weighted by atomic mass is 9.77. The van der Waals surface area contributed by atoms with Gasteiger partial charge in [0, 0.05) is 19.0 Å². The van der Waals surface area contributed by atoms with Crippen LogP contribution >= 0.6 is 0 Å². The Hall–Kier alpha value is -1.14. The van der Waals surface area contributed by atoms with Gasteiger partial charge in [-0.3, -0.25) is 0 Å². The summed E-state index contributed by atoms with van der Waals surface area (Å²) in [4.78, 5) is 4.45. The summed E-state index contributed by atoms with van der Waals surface area (Å²) >= 11 is 0. The summed E-state index contributed by atoms with van der Waals surface area (Å²) in [5.41, 5.74) is 5.72. The lowest BCUT2D eigenvalue weighted by Crippen LogP contribution is -2.48. The van der Waals surface area contributed by atoms with Crippen LogP contribution in [0, 0.1) is 5.92 Å². The maximum absolute atomic E-state index is 11.8. The average molecular weight is 297 g/mol.